The Kier molecular flexibility index (Phi) is 10.3. The van der Waals surface area contributed by atoms with Crippen LogP contribution in [0.25, 0.3) is 0 Å². The van der Waals surface area contributed by atoms with Crippen molar-refractivity contribution < 1.29 is 0 Å². The Morgan fingerprint density at radius 2 is 1.97 bits per heavy atom. The molecule has 1 aliphatic heterocycles. The second-order valence-electron chi connectivity index (χ2n) is 7.70. The maximum absolute atomic E-state index is 4.67. The molecule has 1 aliphatic rings. The Morgan fingerprint density at radius 3 is 2.55 bits per heavy atom. The molecule has 2 N–H and O–H groups in total. The van der Waals surface area contributed by atoms with Gasteiger partial charge in [0, 0.05) is 30.9 Å². The average molecular weight is 549 g/mol. The Balaban J connectivity index is 0.00000300. The van der Waals surface area contributed by atoms with Gasteiger partial charge in [0.25, 0.3) is 0 Å². The highest BCUT2D eigenvalue weighted by Crippen LogP contribution is 2.19. The van der Waals surface area contributed by atoms with Crippen LogP contribution in [-0.4, -0.2) is 47.5 Å². The molecule has 0 atom stereocenters. The molecule has 6 nitrogen and oxygen atoms in total. The highest BCUT2D eigenvalue weighted by atomic mass is 127. The molecular formula is C20H33IN6S2. The van der Waals surface area contributed by atoms with Crippen LogP contribution >= 0.6 is 46.7 Å². The Hall–Kier alpha value is -0.780. The molecule has 1 fully saturated rings. The van der Waals surface area contributed by atoms with Gasteiger partial charge in [0.1, 0.15) is 5.01 Å². The summed E-state index contributed by atoms with van der Waals surface area (Å²) in [6, 6.07) is 0. The SMILES string of the molecule is CN=C(NCc1nc(C(C)C)cs1)NCC1CCN(Cc2csc(C)n2)CC1.I. The average Bonchev–Trinajstić information content (AvgIpc) is 3.32. The minimum atomic E-state index is 0. The maximum atomic E-state index is 4.67. The molecule has 0 radical (unpaired) electrons. The van der Waals surface area contributed by atoms with Crippen LogP contribution in [0.15, 0.2) is 15.8 Å². The van der Waals surface area contributed by atoms with Gasteiger partial charge in [-0.25, -0.2) is 9.97 Å². The predicted octanol–water partition coefficient (Wildman–Crippen LogP) is 4.23. The molecular weight excluding hydrogens is 515 g/mol. The molecule has 9 heteroatoms. The summed E-state index contributed by atoms with van der Waals surface area (Å²) < 4.78 is 0. The van der Waals surface area contributed by atoms with E-state index in [9.17, 15) is 0 Å². The van der Waals surface area contributed by atoms with Gasteiger partial charge in [0.05, 0.1) is 22.9 Å². The van der Waals surface area contributed by atoms with Gasteiger partial charge in [0.15, 0.2) is 5.96 Å². The zero-order chi connectivity index (χ0) is 19.9. The summed E-state index contributed by atoms with van der Waals surface area (Å²) >= 11 is 3.45. The monoisotopic (exact) mass is 548 g/mol. The van der Waals surface area contributed by atoms with Crippen LogP contribution in [0.3, 0.4) is 0 Å². The van der Waals surface area contributed by atoms with E-state index in [1.165, 1.54) is 24.2 Å². The molecule has 0 unspecified atom stereocenters. The minimum absolute atomic E-state index is 0. The van der Waals surface area contributed by atoms with Gasteiger partial charge in [-0.2, -0.15) is 0 Å². The zero-order valence-corrected chi connectivity index (χ0v) is 21.7. The Labute approximate surface area is 199 Å². The molecule has 0 saturated carbocycles. The van der Waals surface area contributed by atoms with Crippen molar-refractivity contribution in [2.45, 2.75) is 52.6 Å². The van der Waals surface area contributed by atoms with E-state index in [0.717, 1.165) is 48.7 Å². The smallest absolute Gasteiger partial charge is 0.191 e. The van der Waals surface area contributed by atoms with Gasteiger partial charge in [-0.3, -0.25) is 9.89 Å². The summed E-state index contributed by atoms with van der Waals surface area (Å²) in [5.41, 5.74) is 2.39. The largest absolute Gasteiger partial charge is 0.356 e. The van der Waals surface area contributed by atoms with E-state index in [4.69, 9.17) is 0 Å². The number of hydrogen-bond donors (Lipinski definition) is 2. The lowest BCUT2D eigenvalue weighted by Gasteiger charge is -2.31. The second kappa shape index (κ2) is 12.2. The standard InChI is InChI=1S/C20H32N6S2.HI/c1-14(2)18-13-28-19(25-18)10-23-20(21-4)22-9-16-5-7-26(8-6-16)11-17-12-27-15(3)24-17;/h12-14,16H,5-11H2,1-4H3,(H2,21,22,23);1H. The summed E-state index contributed by atoms with van der Waals surface area (Å²) in [4.78, 5) is 16.1. The van der Waals surface area contributed by atoms with Crippen LogP contribution in [0.2, 0.25) is 0 Å². The van der Waals surface area contributed by atoms with Crippen molar-refractivity contribution in [2.75, 3.05) is 26.7 Å². The number of guanidine groups is 1. The van der Waals surface area contributed by atoms with Crippen molar-refractivity contribution in [2.24, 2.45) is 10.9 Å². The highest BCUT2D eigenvalue weighted by molar-refractivity contribution is 14.0. The molecule has 0 spiro atoms. The molecule has 162 valence electrons. The lowest BCUT2D eigenvalue weighted by atomic mass is 9.97. The minimum Gasteiger partial charge on any atom is -0.356 e. The fourth-order valence-electron chi connectivity index (χ4n) is 3.35. The summed E-state index contributed by atoms with van der Waals surface area (Å²) in [6.45, 7) is 11.4. The normalized spacial score (nSPS) is 16.1. The molecule has 0 bridgehead atoms. The van der Waals surface area contributed by atoms with Crippen LogP contribution in [0.1, 0.15) is 54.0 Å². The van der Waals surface area contributed by atoms with Crippen molar-refractivity contribution >= 4 is 52.6 Å². The van der Waals surface area contributed by atoms with E-state index in [1.54, 1.807) is 22.7 Å². The lowest BCUT2D eigenvalue weighted by molar-refractivity contribution is 0.176. The van der Waals surface area contributed by atoms with E-state index in [2.05, 4.69) is 62.0 Å². The number of aliphatic imine (C=N–C) groups is 1. The summed E-state index contributed by atoms with van der Waals surface area (Å²) in [5, 5.41) is 13.5. The van der Waals surface area contributed by atoms with Gasteiger partial charge in [-0.05, 0) is 44.7 Å². The van der Waals surface area contributed by atoms with Crippen molar-refractivity contribution in [3.8, 4) is 0 Å². The lowest BCUT2D eigenvalue weighted by Crippen LogP contribution is -2.42. The molecule has 2 aromatic rings. The van der Waals surface area contributed by atoms with E-state index in [1.807, 2.05) is 7.05 Å². The topological polar surface area (TPSA) is 65.4 Å². The summed E-state index contributed by atoms with van der Waals surface area (Å²) in [7, 11) is 1.83. The first kappa shape index (κ1) is 24.5. The van der Waals surface area contributed by atoms with E-state index in [-0.39, 0.29) is 24.0 Å². The third kappa shape index (κ3) is 7.76. The van der Waals surface area contributed by atoms with Crippen LogP contribution in [0.4, 0.5) is 0 Å². The number of aromatic nitrogens is 2. The fourth-order valence-corrected chi connectivity index (χ4v) is 4.85. The quantitative estimate of drug-likeness (QED) is 0.308. The first-order chi connectivity index (χ1) is 13.5. The Morgan fingerprint density at radius 1 is 1.21 bits per heavy atom. The number of rotatable bonds is 7. The zero-order valence-electron chi connectivity index (χ0n) is 17.8. The number of nitrogens with one attached hydrogen (secondary N) is 2. The number of thiazole rings is 2. The van der Waals surface area contributed by atoms with Crippen LogP contribution < -0.4 is 10.6 Å². The molecule has 0 aliphatic carbocycles. The van der Waals surface area contributed by atoms with Crippen molar-refractivity contribution in [3.05, 3.63) is 32.2 Å². The first-order valence-corrected chi connectivity index (χ1v) is 11.8. The fraction of sp³-hybridized carbons (Fsp3) is 0.650. The van der Waals surface area contributed by atoms with Crippen molar-refractivity contribution in [1.29, 1.82) is 0 Å². The van der Waals surface area contributed by atoms with Crippen molar-refractivity contribution in [3.63, 3.8) is 0 Å². The third-order valence-corrected chi connectivity index (χ3v) is 6.80. The summed E-state index contributed by atoms with van der Waals surface area (Å²) in [6.07, 6.45) is 2.44. The molecule has 0 aromatic carbocycles. The summed E-state index contributed by atoms with van der Waals surface area (Å²) in [5.74, 6) is 2.04. The second-order valence-corrected chi connectivity index (χ2v) is 9.71. The number of nitrogens with zero attached hydrogens (tertiary/aromatic N) is 4. The van der Waals surface area contributed by atoms with Gasteiger partial charge in [-0.1, -0.05) is 13.8 Å². The Bertz CT molecular complexity index is 765. The molecule has 0 amide bonds. The molecule has 1 saturated heterocycles. The van der Waals surface area contributed by atoms with E-state index < -0.39 is 0 Å². The number of piperidine rings is 1. The van der Waals surface area contributed by atoms with Gasteiger partial charge < -0.3 is 10.6 Å². The molecule has 3 heterocycles. The number of halogens is 1. The van der Waals surface area contributed by atoms with Gasteiger partial charge in [-0.15, -0.1) is 46.7 Å². The molecule has 29 heavy (non-hydrogen) atoms. The predicted molar refractivity (Wildman–Crippen MR) is 135 cm³/mol. The maximum Gasteiger partial charge on any atom is 0.191 e. The van der Waals surface area contributed by atoms with Gasteiger partial charge >= 0.3 is 0 Å². The number of likely N-dealkylation sites (tertiary alicyclic amines) is 1. The van der Waals surface area contributed by atoms with Crippen LogP contribution in [0, 0.1) is 12.8 Å². The third-order valence-electron chi connectivity index (χ3n) is 5.11. The van der Waals surface area contributed by atoms with Crippen LogP contribution in [-0.2, 0) is 13.1 Å². The van der Waals surface area contributed by atoms with Crippen molar-refractivity contribution in [1.82, 2.24) is 25.5 Å². The van der Waals surface area contributed by atoms with E-state index >= 15 is 0 Å². The highest BCUT2D eigenvalue weighted by Gasteiger charge is 2.20. The molecule has 3 rings (SSSR count). The van der Waals surface area contributed by atoms with E-state index in [0.29, 0.717) is 11.8 Å². The van der Waals surface area contributed by atoms with Crippen LogP contribution in [0.5, 0.6) is 0 Å². The van der Waals surface area contributed by atoms with Gasteiger partial charge in [0.2, 0.25) is 0 Å². The first-order valence-electron chi connectivity index (χ1n) is 10.1. The molecule has 2 aromatic heterocycles. The number of aryl methyl sites for hydroxylation is 1. The number of hydrogen-bond acceptors (Lipinski definition) is 6.